The second kappa shape index (κ2) is 7.04. The molecule has 0 aromatic carbocycles. The minimum Gasteiger partial charge on any atom is -0.469 e. The zero-order chi connectivity index (χ0) is 14.5. The van der Waals surface area contributed by atoms with Gasteiger partial charge in [-0.2, -0.15) is 17.0 Å². The van der Waals surface area contributed by atoms with Crippen molar-refractivity contribution in [2.24, 2.45) is 0 Å². The summed E-state index contributed by atoms with van der Waals surface area (Å²) in [5.74, 6) is 0.750. The molecule has 6 nitrogen and oxygen atoms in total. The maximum Gasteiger partial charge on any atom is 0.281 e. The van der Waals surface area contributed by atoms with Crippen LogP contribution < -0.4 is 5.32 Å². The predicted molar refractivity (Wildman–Crippen MR) is 75.0 cm³/mol. The lowest BCUT2D eigenvalue weighted by atomic mass is 10.3. The summed E-state index contributed by atoms with van der Waals surface area (Å²) < 4.78 is 32.4. The first-order valence-corrected chi connectivity index (χ1v) is 7.64. The standard InChI is InChI=1S/C12H23N3O3S/c1-11-12(6-9-18-11)10-15(4)19(16,17)14(3)8-5-7-13-2/h6,9,13H,5,7-8,10H2,1-4H3. The van der Waals surface area contributed by atoms with E-state index in [4.69, 9.17) is 4.42 Å². The zero-order valence-corrected chi connectivity index (χ0v) is 12.8. The highest BCUT2D eigenvalue weighted by molar-refractivity contribution is 7.86. The molecule has 1 rings (SSSR count). The molecule has 19 heavy (non-hydrogen) atoms. The zero-order valence-electron chi connectivity index (χ0n) is 12.0. The van der Waals surface area contributed by atoms with Crippen LogP contribution in [0.1, 0.15) is 17.7 Å². The third-order valence-electron chi connectivity index (χ3n) is 3.05. The average Bonchev–Trinajstić information content (AvgIpc) is 2.75. The molecule has 7 heteroatoms. The number of aryl methyl sites for hydroxylation is 1. The molecule has 110 valence electrons. The molecule has 0 atom stereocenters. The third-order valence-corrected chi connectivity index (χ3v) is 4.93. The number of furan rings is 1. The highest BCUT2D eigenvalue weighted by atomic mass is 32.2. The summed E-state index contributed by atoms with van der Waals surface area (Å²) in [6.45, 7) is 3.44. The van der Waals surface area contributed by atoms with Crippen molar-refractivity contribution in [3.8, 4) is 0 Å². The smallest absolute Gasteiger partial charge is 0.281 e. The van der Waals surface area contributed by atoms with E-state index in [0.717, 1.165) is 24.3 Å². The topological polar surface area (TPSA) is 65.8 Å². The second-order valence-electron chi connectivity index (χ2n) is 4.54. The first kappa shape index (κ1) is 16.2. The largest absolute Gasteiger partial charge is 0.469 e. The van der Waals surface area contributed by atoms with Crippen LogP contribution in [0.3, 0.4) is 0 Å². The molecule has 0 radical (unpaired) electrons. The van der Waals surface area contributed by atoms with Crippen LogP contribution in [0.15, 0.2) is 16.7 Å². The Morgan fingerprint density at radius 3 is 2.53 bits per heavy atom. The van der Waals surface area contributed by atoms with E-state index in [-0.39, 0.29) is 0 Å². The first-order valence-electron chi connectivity index (χ1n) is 6.24. The molecule has 1 aromatic heterocycles. The summed E-state index contributed by atoms with van der Waals surface area (Å²) in [6, 6.07) is 1.79. The van der Waals surface area contributed by atoms with Crippen LogP contribution in [-0.4, -0.2) is 51.3 Å². The van der Waals surface area contributed by atoms with E-state index < -0.39 is 10.2 Å². The molecule has 0 bridgehead atoms. The van der Waals surface area contributed by atoms with Gasteiger partial charge in [-0.25, -0.2) is 0 Å². The maximum atomic E-state index is 12.3. The molecule has 0 amide bonds. The SMILES string of the molecule is CNCCCN(C)S(=O)(=O)N(C)Cc1ccoc1C. The van der Waals surface area contributed by atoms with E-state index in [1.807, 2.05) is 14.0 Å². The Kier molecular flexibility index (Phi) is 5.99. The van der Waals surface area contributed by atoms with Crippen LogP contribution in [-0.2, 0) is 16.8 Å². The number of nitrogens with one attached hydrogen (secondary N) is 1. The van der Waals surface area contributed by atoms with Gasteiger partial charge in [0.1, 0.15) is 5.76 Å². The van der Waals surface area contributed by atoms with Gasteiger partial charge in [0.15, 0.2) is 0 Å². The van der Waals surface area contributed by atoms with E-state index >= 15 is 0 Å². The van der Waals surface area contributed by atoms with Crippen LogP contribution in [0.4, 0.5) is 0 Å². The van der Waals surface area contributed by atoms with Crippen molar-refractivity contribution in [1.29, 1.82) is 0 Å². The minimum absolute atomic E-state index is 0.320. The number of rotatable bonds is 8. The van der Waals surface area contributed by atoms with Gasteiger partial charge in [-0.15, -0.1) is 0 Å². The lowest BCUT2D eigenvalue weighted by Gasteiger charge is -2.24. The van der Waals surface area contributed by atoms with Crippen molar-refractivity contribution in [1.82, 2.24) is 13.9 Å². The van der Waals surface area contributed by atoms with E-state index in [9.17, 15) is 8.42 Å². The van der Waals surface area contributed by atoms with Crippen LogP contribution in [0.2, 0.25) is 0 Å². The summed E-state index contributed by atoms with van der Waals surface area (Å²) in [7, 11) is 1.62. The van der Waals surface area contributed by atoms with Gasteiger partial charge in [-0.3, -0.25) is 0 Å². The van der Waals surface area contributed by atoms with Gasteiger partial charge in [0.2, 0.25) is 0 Å². The molecule has 0 aliphatic heterocycles. The fraction of sp³-hybridized carbons (Fsp3) is 0.667. The molecule has 0 fully saturated rings. The average molecular weight is 289 g/mol. The van der Waals surface area contributed by atoms with Crippen LogP contribution in [0.5, 0.6) is 0 Å². The van der Waals surface area contributed by atoms with E-state index in [1.54, 1.807) is 26.4 Å². The van der Waals surface area contributed by atoms with Gasteiger partial charge in [0.25, 0.3) is 10.2 Å². The second-order valence-corrected chi connectivity index (χ2v) is 6.69. The Morgan fingerprint density at radius 2 is 2.00 bits per heavy atom. The molecule has 1 aromatic rings. The molecule has 1 N–H and O–H groups in total. The lowest BCUT2D eigenvalue weighted by molar-refractivity contribution is 0.383. The highest BCUT2D eigenvalue weighted by Crippen LogP contribution is 2.14. The molecule has 0 saturated carbocycles. The van der Waals surface area contributed by atoms with Gasteiger partial charge >= 0.3 is 0 Å². The Morgan fingerprint density at radius 1 is 1.32 bits per heavy atom. The number of hydrogen-bond donors (Lipinski definition) is 1. The van der Waals surface area contributed by atoms with Gasteiger partial charge in [0, 0.05) is 32.7 Å². The predicted octanol–water partition coefficient (Wildman–Crippen LogP) is 0.806. The molecule has 1 heterocycles. The molecule has 0 aliphatic rings. The Labute approximate surface area is 115 Å². The monoisotopic (exact) mass is 289 g/mol. The van der Waals surface area contributed by atoms with E-state index in [0.29, 0.717) is 13.1 Å². The summed E-state index contributed by atoms with van der Waals surface area (Å²) in [5, 5.41) is 3.00. The van der Waals surface area contributed by atoms with Gasteiger partial charge < -0.3 is 9.73 Å². The van der Waals surface area contributed by atoms with Gasteiger partial charge in [0.05, 0.1) is 6.26 Å². The summed E-state index contributed by atoms with van der Waals surface area (Å²) in [5.41, 5.74) is 0.884. The van der Waals surface area contributed by atoms with Crippen molar-refractivity contribution in [2.75, 3.05) is 34.2 Å². The van der Waals surface area contributed by atoms with Crippen molar-refractivity contribution in [3.63, 3.8) is 0 Å². The molecule has 0 spiro atoms. The molecule has 0 aliphatic carbocycles. The fourth-order valence-electron chi connectivity index (χ4n) is 1.73. The number of hydrogen-bond acceptors (Lipinski definition) is 4. The van der Waals surface area contributed by atoms with Gasteiger partial charge in [-0.1, -0.05) is 0 Å². The normalized spacial score (nSPS) is 12.5. The summed E-state index contributed by atoms with van der Waals surface area (Å²) >= 11 is 0. The molecule has 0 unspecified atom stereocenters. The maximum absolute atomic E-state index is 12.3. The Bertz CT molecular complexity index is 484. The van der Waals surface area contributed by atoms with E-state index in [1.165, 1.54) is 8.61 Å². The summed E-state index contributed by atoms with van der Waals surface area (Å²) in [4.78, 5) is 0. The lowest BCUT2D eigenvalue weighted by Crippen LogP contribution is -2.40. The minimum atomic E-state index is -3.42. The summed E-state index contributed by atoms with van der Waals surface area (Å²) in [6.07, 6.45) is 2.35. The van der Waals surface area contributed by atoms with Crippen molar-refractivity contribution < 1.29 is 12.8 Å². The Hall–Kier alpha value is -0.890. The van der Waals surface area contributed by atoms with Crippen molar-refractivity contribution in [2.45, 2.75) is 19.9 Å². The van der Waals surface area contributed by atoms with Crippen molar-refractivity contribution in [3.05, 3.63) is 23.7 Å². The van der Waals surface area contributed by atoms with Crippen molar-refractivity contribution >= 4 is 10.2 Å². The number of nitrogens with zero attached hydrogens (tertiary/aromatic N) is 2. The third kappa shape index (κ3) is 4.31. The van der Waals surface area contributed by atoms with Crippen LogP contribution in [0.25, 0.3) is 0 Å². The quantitative estimate of drug-likeness (QED) is 0.719. The van der Waals surface area contributed by atoms with Crippen LogP contribution >= 0.6 is 0 Å². The fourth-order valence-corrected chi connectivity index (χ4v) is 2.87. The molecule has 0 saturated heterocycles. The van der Waals surface area contributed by atoms with Gasteiger partial charge in [-0.05, 0) is 33.0 Å². The van der Waals surface area contributed by atoms with Crippen LogP contribution in [0, 0.1) is 6.92 Å². The van der Waals surface area contributed by atoms with E-state index in [2.05, 4.69) is 5.32 Å². The Balaban J connectivity index is 2.63. The highest BCUT2D eigenvalue weighted by Gasteiger charge is 2.24. The molecular formula is C12H23N3O3S. The molecular weight excluding hydrogens is 266 g/mol. The first-order chi connectivity index (χ1) is 8.89.